The molecule has 5 amide bonds. The number of carbonyl (C=O) groups excluding carboxylic acids is 5. The summed E-state index contributed by atoms with van der Waals surface area (Å²) in [6.45, 7) is 14.7. The summed E-state index contributed by atoms with van der Waals surface area (Å²) in [4.78, 5) is 84.7. The summed E-state index contributed by atoms with van der Waals surface area (Å²) >= 11 is 1.41. The zero-order valence-corrected chi connectivity index (χ0v) is 41.1. The van der Waals surface area contributed by atoms with E-state index < -0.39 is 41.3 Å². The number of hydrazine groups is 1. The maximum Gasteiger partial charge on any atom is 0.324 e. The summed E-state index contributed by atoms with van der Waals surface area (Å²) in [7, 11) is 5.07. The molecule has 3 fully saturated rings. The summed E-state index contributed by atoms with van der Waals surface area (Å²) in [6, 6.07) is 7.02. The second kappa shape index (κ2) is 19.7. The van der Waals surface area contributed by atoms with E-state index in [9.17, 15) is 24.0 Å². The number of ether oxygens (including phenoxy) is 2. The Kier molecular flexibility index (Phi) is 14.1. The van der Waals surface area contributed by atoms with Crippen LogP contribution in [-0.2, 0) is 48.0 Å². The van der Waals surface area contributed by atoms with Crippen molar-refractivity contribution in [3.63, 3.8) is 0 Å². The minimum atomic E-state index is -1.08. The Hall–Kier alpha value is -5.43. The van der Waals surface area contributed by atoms with E-state index in [1.165, 1.54) is 21.2 Å². The predicted molar refractivity (Wildman–Crippen MR) is 256 cm³/mol. The van der Waals surface area contributed by atoms with Gasteiger partial charge in [0, 0.05) is 99.4 Å². The molecule has 360 valence electrons. The number of rotatable bonds is 10. The average Bonchev–Trinajstić information content (AvgIpc) is 3.72. The summed E-state index contributed by atoms with van der Waals surface area (Å²) in [6.07, 6.45) is 3.83. The molecule has 17 nitrogen and oxygen atoms in total. The fraction of sp³-hybridized carbons (Fsp3) is 0.571. The van der Waals surface area contributed by atoms with Gasteiger partial charge in [-0.3, -0.25) is 29.2 Å². The number of aryl methyl sites for hydroxylation is 1. The molecule has 0 radical (unpaired) electrons. The Bertz CT molecular complexity index is 2520. The number of hydrogen-bond donors (Lipinski definition) is 3. The number of pyridine rings is 1. The molecular weight excluding hydrogens is 873 g/mol. The van der Waals surface area contributed by atoms with Crippen LogP contribution in [0.4, 0.5) is 4.79 Å². The lowest BCUT2D eigenvalue weighted by Gasteiger charge is -2.37. The zero-order valence-electron chi connectivity index (χ0n) is 40.3. The maximum atomic E-state index is 14.7. The third-order valence-electron chi connectivity index (χ3n) is 13.8. The van der Waals surface area contributed by atoms with Crippen molar-refractivity contribution in [1.82, 2.24) is 50.3 Å². The molecule has 3 aromatic heterocycles. The standard InChI is InChI=1S/C49H66N10O7S/c1-10-58-39-16-15-30-21-33(39)34(43(58)32-13-11-18-50-41(32)29(4)65-9)23-49(5,6)27-66-47(63)35-14-12-19-59(54-35)46(62)36(22-40-52-38(30)26-67-40)53-44(60)42(28(2)3)56(8)48(64)57-20-17-31(25-57)55(7)45(61)37-24-51-37/h11,13,15-16,18,21,26,28-29,31,35-37,42,51,54H,10,12,14,17,19-20,22-25,27H2,1-9H3,(H,53,60)/t29-,31-,35-,36-,37-,42-/m0/s1. The Morgan fingerprint density at radius 3 is 2.60 bits per heavy atom. The molecule has 6 atom stereocenters. The van der Waals surface area contributed by atoms with Gasteiger partial charge in [-0.25, -0.2) is 15.2 Å². The molecule has 67 heavy (non-hydrogen) atoms. The first-order valence-electron chi connectivity index (χ1n) is 23.6. The van der Waals surface area contributed by atoms with Gasteiger partial charge in [0.25, 0.3) is 5.91 Å². The molecule has 6 bridgehead atoms. The van der Waals surface area contributed by atoms with Gasteiger partial charge in [-0.05, 0) is 75.3 Å². The number of amides is 5. The number of nitrogens with zero attached hydrogens (tertiary/aromatic N) is 7. The van der Waals surface area contributed by atoms with Crippen molar-refractivity contribution in [1.29, 1.82) is 0 Å². The first-order valence-corrected chi connectivity index (χ1v) is 24.5. The quantitative estimate of drug-likeness (QED) is 0.146. The van der Waals surface area contributed by atoms with Gasteiger partial charge in [0.2, 0.25) is 11.8 Å². The van der Waals surface area contributed by atoms with Gasteiger partial charge in [0.15, 0.2) is 0 Å². The summed E-state index contributed by atoms with van der Waals surface area (Å²) < 4.78 is 14.2. The third-order valence-corrected chi connectivity index (χ3v) is 14.7. The highest BCUT2D eigenvalue weighted by Gasteiger charge is 2.42. The highest BCUT2D eigenvalue weighted by atomic mass is 32.1. The minimum absolute atomic E-state index is 0.0173. The molecule has 8 rings (SSSR count). The first kappa shape index (κ1) is 48.0. The van der Waals surface area contributed by atoms with Crippen LogP contribution in [0, 0.1) is 11.3 Å². The number of urea groups is 1. The molecule has 18 heteroatoms. The van der Waals surface area contributed by atoms with Crippen molar-refractivity contribution in [2.75, 3.05) is 54.0 Å². The van der Waals surface area contributed by atoms with E-state index in [1.54, 1.807) is 37.2 Å². The van der Waals surface area contributed by atoms with Crippen molar-refractivity contribution in [2.45, 2.75) is 117 Å². The topological polar surface area (TPSA) is 193 Å². The average molecular weight is 939 g/mol. The highest BCUT2D eigenvalue weighted by molar-refractivity contribution is 7.10. The number of methoxy groups -OCH3 is 1. The molecule has 0 saturated carbocycles. The largest absolute Gasteiger partial charge is 0.464 e. The van der Waals surface area contributed by atoms with Crippen molar-refractivity contribution in [3.8, 4) is 22.5 Å². The molecule has 3 N–H and O–H groups in total. The molecule has 3 saturated heterocycles. The van der Waals surface area contributed by atoms with Crippen LogP contribution < -0.4 is 16.1 Å². The molecular formula is C49H66N10O7S. The normalized spacial score (nSPS) is 22.8. The van der Waals surface area contributed by atoms with Crippen LogP contribution in [0.25, 0.3) is 33.4 Å². The number of thiazole rings is 1. The van der Waals surface area contributed by atoms with E-state index in [2.05, 4.69) is 65.7 Å². The van der Waals surface area contributed by atoms with Crippen LogP contribution in [0.3, 0.4) is 0 Å². The highest BCUT2D eigenvalue weighted by Crippen LogP contribution is 2.42. The van der Waals surface area contributed by atoms with Crippen LogP contribution in [0.2, 0.25) is 0 Å². The Morgan fingerprint density at radius 2 is 1.88 bits per heavy atom. The summed E-state index contributed by atoms with van der Waals surface area (Å²) in [5, 5.41) is 11.2. The molecule has 0 unspecified atom stereocenters. The van der Waals surface area contributed by atoms with E-state index >= 15 is 0 Å². The van der Waals surface area contributed by atoms with Crippen LogP contribution >= 0.6 is 11.3 Å². The minimum Gasteiger partial charge on any atom is -0.464 e. The number of hydrogen-bond acceptors (Lipinski definition) is 12. The van der Waals surface area contributed by atoms with Crippen LogP contribution in [0.15, 0.2) is 41.9 Å². The lowest BCUT2D eigenvalue weighted by atomic mass is 9.84. The second-order valence-corrected chi connectivity index (χ2v) is 20.6. The number of likely N-dealkylation sites (N-methyl/N-ethyl adjacent to an activating group) is 2. The Morgan fingerprint density at radius 1 is 1.10 bits per heavy atom. The monoisotopic (exact) mass is 938 g/mol. The third kappa shape index (κ3) is 9.94. The number of fused-ring (bicyclic) bond motifs is 6. The van der Waals surface area contributed by atoms with Gasteiger partial charge < -0.3 is 39.4 Å². The number of likely N-dealkylation sites (tertiary alicyclic amines) is 1. The van der Waals surface area contributed by atoms with E-state index in [-0.39, 0.29) is 49.1 Å². The van der Waals surface area contributed by atoms with Gasteiger partial charge in [-0.15, -0.1) is 11.3 Å². The number of cyclic esters (lactones) is 1. The summed E-state index contributed by atoms with van der Waals surface area (Å²) in [5.41, 5.74) is 9.28. The maximum absolute atomic E-state index is 14.7. The zero-order chi connectivity index (χ0) is 47.9. The van der Waals surface area contributed by atoms with E-state index in [0.717, 1.165) is 44.7 Å². The second-order valence-electron chi connectivity index (χ2n) is 19.7. The van der Waals surface area contributed by atoms with E-state index in [1.807, 2.05) is 32.2 Å². The number of aromatic nitrogens is 3. The van der Waals surface area contributed by atoms with Gasteiger partial charge >= 0.3 is 12.0 Å². The fourth-order valence-electron chi connectivity index (χ4n) is 9.98. The van der Waals surface area contributed by atoms with Gasteiger partial charge in [0.1, 0.15) is 18.1 Å². The van der Waals surface area contributed by atoms with Gasteiger partial charge in [0.05, 0.1) is 46.9 Å². The fourth-order valence-corrected chi connectivity index (χ4v) is 10.8. The number of nitrogens with one attached hydrogen (secondary N) is 3. The van der Waals surface area contributed by atoms with Crippen LogP contribution in [0.1, 0.15) is 83.2 Å². The molecule has 4 aromatic rings. The van der Waals surface area contributed by atoms with E-state index in [0.29, 0.717) is 63.4 Å². The van der Waals surface area contributed by atoms with Crippen molar-refractivity contribution in [2.24, 2.45) is 11.3 Å². The lowest BCUT2D eigenvalue weighted by Crippen LogP contribution is -2.62. The van der Waals surface area contributed by atoms with Crippen LogP contribution in [-0.4, -0.2) is 148 Å². The van der Waals surface area contributed by atoms with Crippen molar-refractivity contribution < 1.29 is 33.4 Å². The van der Waals surface area contributed by atoms with Gasteiger partial charge in [-0.2, -0.15) is 0 Å². The van der Waals surface area contributed by atoms with E-state index in [4.69, 9.17) is 19.4 Å². The van der Waals surface area contributed by atoms with Gasteiger partial charge in [-0.1, -0.05) is 33.8 Å². The first-order chi connectivity index (χ1) is 32.0. The molecule has 4 aliphatic rings. The molecule has 0 spiro atoms. The van der Waals surface area contributed by atoms with Crippen molar-refractivity contribution >= 4 is 52.0 Å². The van der Waals surface area contributed by atoms with Crippen molar-refractivity contribution in [3.05, 3.63) is 58.2 Å². The Balaban J connectivity index is 1.13. The SMILES string of the molecule is CCn1c(-c2cccnc2[C@H](C)OC)c2c3cc(ccc31)-c1csc(n1)C[C@H](NC(=O)[C@H](C(C)C)N(C)C(=O)N1CC[C@H](N(C)C(=O)[C@@H]3CN3)C1)C(=O)N1CCC[C@H](N1)C(=O)OCC(C)(C)C2. The smallest absolute Gasteiger partial charge is 0.324 e. The number of carbonyl (C=O) groups is 5. The molecule has 0 aliphatic carbocycles. The predicted octanol–water partition coefficient (Wildman–Crippen LogP) is 4.78. The molecule has 7 heterocycles. The Labute approximate surface area is 396 Å². The number of esters is 1. The lowest BCUT2D eigenvalue weighted by molar-refractivity contribution is -0.155. The molecule has 4 aliphatic heterocycles. The molecule has 1 aromatic carbocycles. The van der Waals surface area contributed by atoms with Crippen LogP contribution in [0.5, 0.6) is 0 Å². The summed E-state index contributed by atoms with van der Waals surface area (Å²) in [5.74, 6) is -1.65. The number of benzene rings is 1.